The van der Waals surface area contributed by atoms with Gasteiger partial charge in [0.25, 0.3) is 0 Å². The Morgan fingerprint density at radius 3 is 1.00 bits per heavy atom. The van der Waals surface area contributed by atoms with Gasteiger partial charge < -0.3 is 17.9 Å². The molecule has 0 unspecified atom stereocenters. The van der Waals surface area contributed by atoms with Crippen LogP contribution in [0.4, 0.5) is 0 Å². The molecule has 0 aliphatic carbocycles. The van der Waals surface area contributed by atoms with Crippen LogP contribution in [0.3, 0.4) is 0 Å². The first kappa shape index (κ1) is 57.9. The Hall–Kier alpha value is 1.30. The van der Waals surface area contributed by atoms with Crippen molar-refractivity contribution in [3.63, 3.8) is 0 Å². The molecule has 4 heavy (non-hydrogen) atoms. The molecule has 0 aromatic heterocycles. The maximum Gasteiger partial charge on any atom is 3.00 e. The molecule has 22 valence electrons. The Kier molecular flexibility index (Phi) is 400. The van der Waals surface area contributed by atoms with E-state index in [1.807, 2.05) is 0 Å². The van der Waals surface area contributed by atoms with E-state index in [9.17, 15) is 0 Å². The Labute approximate surface area is 52.5 Å². The summed E-state index contributed by atoms with van der Waals surface area (Å²) < 4.78 is 0. The molecule has 0 spiro atoms. The zero-order valence-corrected chi connectivity index (χ0v) is 4.77. The van der Waals surface area contributed by atoms with Crippen molar-refractivity contribution in [1.29, 1.82) is 0 Å². The van der Waals surface area contributed by atoms with E-state index in [-0.39, 0.29) is 52.3 Å². The molecule has 4 heteroatoms. The summed E-state index contributed by atoms with van der Waals surface area (Å²) in [7, 11) is 0. The maximum absolute atomic E-state index is 0. The summed E-state index contributed by atoms with van der Waals surface area (Å²) in [5, 5.41) is 0. The summed E-state index contributed by atoms with van der Waals surface area (Å²) >= 11 is 0. The van der Waals surface area contributed by atoms with E-state index in [2.05, 4.69) is 0 Å². The first-order valence-corrected chi connectivity index (χ1v) is 0. The first-order chi connectivity index (χ1) is 0. The summed E-state index contributed by atoms with van der Waals surface area (Å²) in [6.45, 7) is 0. The predicted molar refractivity (Wildman–Crippen MR) is 7.69 cm³/mol. The van der Waals surface area contributed by atoms with Crippen molar-refractivity contribution in [3.8, 4) is 0 Å². The van der Waals surface area contributed by atoms with E-state index in [1.165, 1.54) is 0 Å². The average Bonchev–Trinajstić information content (AvgIpc) is 0. The number of halogens is 1. The Bertz CT molecular complexity index is 8.00. The van der Waals surface area contributed by atoms with Crippen molar-refractivity contribution < 1.29 is 35.0 Å². The van der Waals surface area contributed by atoms with Crippen LogP contribution >= 0.6 is 0 Å². The molecule has 0 atom stereocenters. The molecule has 0 amide bonds. The number of rotatable bonds is 0. The van der Waals surface area contributed by atoms with Gasteiger partial charge in [0.05, 0.1) is 0 Å². The fourth-order valence-corrected chi connectivity index (χ4v) is 0. The topological polar surface area (TPSA) is 30.0 Å². The molecule has 0 aromatic rings. The van der Waals surface area contributed by atoms with Gasteiger partial charge in [-0.15, -0.1) is 0 Å². The van der Waals surface area contributed by atoms with Crippen molar-refractivity contribution >= 4 is 17.4 Å². The van der Waals surface area contributed by atoms with Gasteiger partial charge in [0.15, 0.2) is 0 Å². The zero-order valence-electron chi connectivity index (χ0n) is 1.76. The molecule has 0 saturated carbocycles. The third kappa shape index (κ3) is 10.3. The molecule has 1 N–H and O–H groups in total. The molecule has 0 saturated heterocycles. The zero-order chi connectivity index (χ0) is 0. The number of hydrogen-bond donors (Lipinski definition) is 0. The van der Waals surface area contributed by atoms with Gasteiger partial charge >= 0.3 is 34.4 Å². The van der Waals surface area contributed by atoms with Crippen LogP contribution in [0.5, 0.6) is 0 Å². The van der Waals surface area contributed by atoms with Gasteiger partial charge in [-0.05, 0) is 0 Å². The largest absolute Gasteiger partial charge is 3.00 e. The SMILES string of the molecule is [Al+3].[Cl-].[Fe+2].[OH-]. The molecular formula is HAlClFeO+3. The van der Waals surface area contributed by atoms with Crippen LogP contribution < -0.4 is 12.4 Å². The Morgan fingerprint density at radius 1 is 1.00 bits per heavy atom. The molecule has 0 aliphatic rings. The van der Waals surface area contributed by atoms with Crippen LogP contribution in [-0.2, 0) is 17.1 Å². The number of hydrogen-bond acceptors (Lipinski definition) is 1. The summed E-state index contributed by atoms with van der Waals surface area (Å²) in [4.78, 5) is 0. The Morgan fingerprint density at radius 2 is 1.00 bits per heavy atom. The second-order valence-electron chi connectivity index (χ2n) is 0. The van der Waals surface area contributed by atoms with Gasteiger partial charge in [-0.1, -0.05) is 0 Å². The third-order valence-electron chi connectivity index (χ3n) is 0. The van der Waals surface area contributed by atoms with Crippen LogP contribution in [0.15, 0.2) is 0 Å². The van der Waals surface area contributed by atoms with Gasteiger partial charge in [-0.3, -0.25) is 0 Å². The summed E-state index contributed by atoms with van der Waals surface area (Å²) in [5.41, 5.74) is 0. The monoisotopic (exact) mass is 135 g/mol. The third-order valence-corrected chi connectivity index (χ3v) is 0. The predicted octanol–water partition coefficient (Wildman–Crippen LogP) is -3.56. The van der Waals surface area contributed by atoms with E-state index in [0.29, 0.717) is 0 Å². The standard InChI is InChI=1S/Al.ClH.Fe.H2O/h;1H;;1H2/q+3;;+2;/p-2. The molecule has 0 heterocycles. The van der Waals surface area contributed by atoms with Crippen molar-refractivity contribution in [3.05, 3.63) is 0 Å². The molecule has 0 aromatic carbocycles. The summed E-state index contributed by atoms with van der Waals surface area (Å²) in [6, 6.07) is 0. The van der Waals surface area contributed by atoms with Crippen molar-refractivity contribution in [1.82, 2.24) is 0 Å². The molecular weight excluding hydrogens is 134 g/mol. The fourth-order valence-electron chi connectivity index (χ4n) is 0. The smallest absolute Gasteiger partial charge is 1.00 e. The molecule has 0 fully saturated rings. The Balaban J connectivity index is 0. The fraction of sp³-hybridized carbons (Fsp3) is 0. The molecule has 1 nitrogen and oxygen atoms in total. The van der Waals surface area contributed by atoms with Crippen LogP contribution in [0.25, 0.3) is 0 Å². The van der Waals surface area contributed by atoms with E-state index in [1.54, 1.807) is 0 Å². The summed E-state index contributed by atoms with van der Waals surface area (Å²) in [6.07, 6.45) is 0. The van der Waals surface area contributed by atoms with Crippen LogP contribution in [-0.4, -0.2) is 22.8 Å². The van der Waals surface area contributed by atoms with Crippen molar-refractivity contribution in [2.24, 2.45) is 0 Å². The summed E-state index contributed by atoms with van der Waals surface area (Å²) in [5.74, 6) is 0. The van der Waals surface area contributed by atoms with Gasteiger partial charge in [-0.2, -0.15) is 0 Å². The van der Waals surface area contributed by atoms with Gasteiger partial charge in [0.2, 0.25) is 0 Å². The van der Waals surface area contributed by atoms with E-state index < -0.39 is 0 Å². The van der Waals surface area contributed by atoms with Crippen molar-refractivity contribution in [2.45, 2.75) is 0 Å². The molecule has 0 rings (SSSR count). The van der Waals surface area contributed by atoms with E-state index in [4.69, 9.17) is 0 Å². The van der Waals surface area contributed by atoms with Gasteiger partial charge in [-0.25, -0.2) is 0 Å². The van der Waals surface area contributed by atoms with E-state index in [0.717, 1.165) is 0 Å². The molecule has 0 bridgehead atoms. The minimum Gasteiger partial charge on any atom is -1.00 e. The second kappa shape index (κ2) is 27.7. The van der Waals surface area contributed by atoms with Gasteiger partial charge in [0.1, 0.15) is 0 Å². The first-order valence-electron chi connectivity index (χ1n) is 0. The second-order valence-corrected chi connectivity index (χ2v) is 0. The maximum atomic E-state index is 0. The molecule has 0 aliphatic heterocycles. The normalized spacial score (nSPS) is 0. The van der Waals surface area contributed by atoms with Crippen LogP contribution in [0.2, 0.25) is 0 Å². The minimum atomic E-state index is 0. The van der Waals surface area contributed by atoms with Crippen LogP contribution in [0, 0.1) is 0 Å². The van der Waals surface area contributed by atoms with Crippen LogP contribution in [0.1, 0.15) is 0 Å². The average molecular weight is 135 g/mol. The van der Waals surface area contributed by atoms with Crippen molar-refractivity contribution in [2.75, 3.05) is 0 Å². The van der Waals surface area contributed by atoms with E-state index >= 15 is 0 Å². The molecule has 0 radical (unpaired) electrons. The quantitative estimate of drug-likeness (QED) is 0.316. The van der Waals surface area contributed by atoms with Gasteiger partial charge in [0, 0.05) is 0 Å². The minimum absolute atomic E-state index is 0.